The van der Waals surface area contributed by atoms with E-state index >= 15 is 0 Å². The van der Waals surface area contributed by atoms with Crippen molar-refractivity contribution >= 4 is 21.9 Å². The van der Waals surface area contributed by atoms with Crippen LogP contribution < -0.4 is 0 Å². The highest BCUT2D eigenvalue weighted by atomic mass is 79.9. The molecule has 1 aromatic carbocycles. The molecule has 0 amide bonds. The van der Waals surface area contributed by atoms with Crippen LogP contribution in [0.3, 0.4) is 0 Å². The fourth-order valence-electron chi connectivity index (χ4n) is 1.96. The Kier molecular flexibility index (Phi) is 3.99. The molecule has 1 aliphatic carbocycles. The first-order chi connectivity index (χ1) is 7.77. The Morgan fingerprint density at radius 2 is 1.88 bits per heavy atom. The fraction of sp³-hybridized carbons (Fsp3) is 0.462. The first kappa shape index (κ1) is 11.6. The summed E-state index contributed by atoms with van der Waals surface area (Å²) in [5, 5.41) is 0. The number of esters is 1. The van der Waals surface area contributed by atoms with Crippen LogP contribution in [-0.4, -0.2) is 16.9 Å². The van der Waals surface area contributed by atoms with Crippen molar-refractivity contribution < 1.29 is 9.53 Å². The van der Waals surface area contributed by atoms with Crippen molar-refractivity contribution in [3.63, 3.8) is 0 Å². The number of alkyl halides is 1. The van der Waals surface area contributed by atoms with Crippen molar-refractivity contribution in [2.45, 2.75) is 36.6 Å². The molecule has 0 aromatic heterocycles. The first-order valence-electron chi connectivity index (χ1n) is 5.67. The minimum atomic E-state index is -0.211. The summed E-state index contributed by atoms with van der Waals surface area (Å²) in [7, 11) is 0. The Bertz CT molecular complexity index is 350. The maximum Gasteiger partial charge on any atom is 0.338 e. The molecule has 2 atom stereocenters. The second-order valence-corrected chi connectivity index (χ2v) is 5.29. The molecule has 3 heteroatoms. The largest absolute Gasteiger partial charge is 0.458 e. The van der Waals surface area contributed by atoms with Gasteiger partial charge in [-0.2, -0.15) is 0 Å². The minimum absolute atomic E-state index is 0.0291. The van der Waals surface area contributed by atoms with Gasteiger partial charge in [0, 0.05) is 0 Å². The van der Waals surface area contributed by atoms with Crippen molar-refractivity contribution in [1.29, 1.82) is 0 Å². The van der Waals surface area contributed by atoms with Gasteiger partial charge in [0.25, 0.3) is 0 Å². The molecular weight excluding hydrogens is 268 g/mol. The maximum atomic E-state index is 11.8. The van der Waals surface area contributed by atoms with Crippen LogP contribution >= 0.6 is 15.9 Å². The Labute approximate surface area is 104 Å². The zero-order chi connectivity index (χ0) is 11.4. The van der Waals surface area contributed by atoms with Crippen molar-refractivity contribution in [3.8, 4) is 0 Å². The summed E-state index contributed by atoms with van der Waals surface area (Å²) < 4.78 is 5.50. The van der Waals surface area contributed by atoms with E-state index in [-0.39, 0.29) is 12.1 Å². The standard InChI is InChI=1S/C13H15BrO2/c14-11-8-4-5-9-12(11)16-13(15)10-6-2-1-3-7-10/h1-3,6-7,11-12H,4-5,8-9H2/t11-,12-/m0/s1. The van der Waals surface area contributed by atoms with Crippen LogP contribution in [0.2, 0.25) is 0 Å². The van der Waals surface area contributed by atoms with E-state index in [0.717, 1.165) is 19.3 Å². The number of hydrogen-bond donors (Lipinski definition) is 0. The van der Waals surface area contributed by atoms with Gasteiger partial charge in [0.1, 0.15) is 6.10 Å². The van der Waals surface area contributed by atoms with Gasteiger partial charge in [-0.3, -0.25) is 0 Å². The van der Waals surface area contributed by atoms with E-state index in [0.29, 0.717) is 10.4 Å². The van der Waals surface area contributed by atoms with Gasteiger partial charge >= 0.3 is 5.97 Å². The van der Waals surface area contributed by atoms with Crippen LogP contribution in [0.15, 0.2) is 30.3 Å². The highest BCUT2D eigenvalue weighted by Gasteiger charge is 2.26. The van der Waals surface area contributed by atoms with Gasteiger partial charge in [-0.15, -0.1) is 0 Å². The van der Waals surface area contributed by atoms with E-state index in [1.165, 1.54) is 6.42 Å². The normalized spacial score (nSPS) is 25.1. The van der Waals surface area contributed by atoms with Crippen LogP contribution in [0.1, 0.15) is 36.0 Å². The van der Waals surface area contributed by atoms with Crippen molar-refractivity contribution in [3.05, 3.63) is 35.9 Å². The number of hydrogen-bond acceptors (Lipinski definition) is 2. The number of benzene rings is 1. The third kappa shape index (κ3) is 2.85. The molecule has 2 nitrogen and oxygen atoms in total. The van der Waals surface area contributed by atoms with Crippen LogP contribution in [0.4, 0.5) is 0 Å². The van der Waals surface area contributed by atoms with Crippen molar-refractivity contribution in [2.75, 3.05) is 0 Å². The summed E-state index contributed by atoms with van der Waals surface area (Å²) in [5.74, 6) is -0.211. The van der Waals surface area contributed by atoms with E-state index in [1.807, 2.05) is 18.2 Å². The SMILES string of the molecule is O=C(O[C@H]1CCCC[C@@H]1Br)c1ccccc1. The molecule has 0 heterocycles. The summed E-state index contributed by atoms with van der Waals surface area (Å²) in [6.45, 7) is 0. The Morgan fingerprint density at radius 1 is 1.19 bits per heavy atom. The van der Waals surface area contributed by atoms with Gasteiger partial charge in [-0.1, -0.05) is 40.5 Å². The number of halogens is 1. The summed E-state index contributed by atoms with van der Waals surface area (Å²) in [6, 6.07) is 9.17. The number of ether oxygens (including phenoxy) is 1. The molecule has 16 heavy (non-hydrogen) atoms. The predicted octanol–water partition coefficient (Wildman–Crippen LogP) is 3.55. The smallest absolute Gasteiger partial charge is 0.338 e. The Morgan fingerprint density at radius 3 is 2.56 bits per heavy atom. The van der Waals surface area contributed by atoms with Gasteiger partial charge < -0.3 is 4.74 Å². The molecule has 0 aliphatic heterocycles. The third-order valence-electron chi connectivity index (χ3n) is 2.89. The van der Waals surface area contributed by atoms with Crippen LogP contribution in [0.5, 0.6) is 0 Å². The van der Waals surface area contributed by atoms with Gasteiger partial charge in [-0.05, 0) is 31.4 Å². The van der Waals surface area contributed by atoms with Crippen molar-refractivity contribution in [1.82, 2.24) is 0 Å². The summed E-state index contributed by atoms with van der Waals surface area (Å²) in [5.41, 5.74) is 0.632. The molecule has 1 aliphatic rings. The molecular formula is C13H15BrO2. The second-order valence-electron chi connectivity index (χ2n) is 4.11. The molecule has 2 rings (SSSR count). The maximum absolute atomic E-state index is 11.8. The molecule has 0 bridgehead atoms. The van der Waals surface area contributed by atoms with Crippen molar-refractivity contribution in [2.24, 2.45) is 0 Å². The van der Waals surface area contributed by atoms with E-state index < -0.39 is 0 Å². The molecule has 0 N–H and O–H groups in total. The van der Waals surface area contributed by atoms with Gasteiger partial charge in [0.05, 0.1) is 10.4 Å². The van der Waals surface area contributed by atoms with Crippen LogP contribution in [0, 0.1) is 0 Å². The van der Waals surface area contributed by atoms with E-state index in [2.05, 4.69) is 15.9 Å². The lowest BCUT2D eigenvalue weighted by Crippen LogP contribution is -2.30. The van der Waals surface area contributed by atoms with Gasteiger partial charge in [0.15, 0.2) is 0 Å². The summed E-state index contributed by atoms with van der Waals surface area (Å²) in [4.78, 5) is 12.1. The third-order valence-corrected chi connectivity index (χ3v) is 3.94. The average molecular weight is 283 g/mol. The lowest BCUT2D eigenvalue weighted by atomic mass is 9.97. The predicted molar refractivity (Wildman–Crippen MR) is 66.8 cm³/mol. The molecule has 0 spiro atoms. The minimum Gasteiger partial charge on any atom is -0.458 e. The quantitative estimate of drug-likeness (QED) is 0.613. The van der Waals surface area contributed by atoms with Gasteiger partial charge in [-0.25, -0.2) is 4.79 Å². The first-order valence-corrected chi connectivity index (χ1v) is 6.59. The summed E-state index contributed by atoms with van der Waals surface area (Å²) in [6.07, 6.45) is 4.45. The number of carbonyl (C=O) groups is 1. The lowest BCUT2D eigenvalue weighted by Gasteiger charge is -2.27. The highest BCUT2D eigenvalue weighted by molar-refractivity contribution is 9.09. The van der Waals surface area contributed by atoms with E-state index in [4.69, 9.17) is 4.74 Å². The number of carbonyl (C=O) groups excluding carboxylic acids is 1. The Balaban J connectivity index is 1.96. The zero-order valence-electron chi connectivity index (χ0n) is 9.06. The molecule has 1 saturated carbocycles. The van der Waals surface area contributed by atoms with Crippen LogP contribution in [0.25, 0.3) is 0 Å². The lowest BCUT2D eigenvalue weighted by molar-refractivity contribution is 0.0235. The monoisotopic (exact) mass is 282 g/mol. The van der Waals surface area contributed by atoms with Crippen LogP contribution in [-0.2, 0) is 4.74 Å². The van der Waals surface area contributed by atoms with E-state index in [9.17, 15) is 4.79 Å². The summed E-state index contributed by atoms with van der Waals surface area (Å²) >= 11 is 3.58. The highest BCUT2D eigenvalue weighted by Crippen LogP contribution is 2.27. The number of rotatable bonds is 2. The Hall–Kier alpha value is -0.830. The topological polar surface area (TPSA) is 26.3 Å². The molecule has 0 unspecified atom stereocenters. The zero-order valence-corrected chi connectivity index (χ0v) is 10.7. The second kappa shape index (κ2) is 5.48. The fourth-order valence-corrected chi connectivity index (χ4v) is 2.66. The molecule has 1 fully saturated rings. The van der Waals surface area contributed by atoms with Gasteiger partial charge in [0.2, 0.25) is 0 Å². The van der Waals surface area contributed by atoms with E-state index in [1.54, 1.807) is 12.1 Å². The molecule has 1 aromatic rings. The molecule has 0 radical (unpaired) electrons. The molecule has 0 saturated heterocycles. The average Bonchev–Trinajstić information content (AvgIpc) is 2.33. The molecule has 86 valence electrons.